The molecule has 3 aliphatic rings. The smallest absolute Gasteiger partial charge is 0.254 e. The number of nitrogens with zero attached hydrogens (tertiary/aromatic N) is 2. The van der Waals surface area contributed by atoms with Crippen molar-refractivity contribution in [2.24, 2.45) is 5.92 Å². The van der Waals surface area contributed by atoms with E-state index in [1.165, 1.54) is 0 Å². The largest absolute Gasteiger partial charge is 0.348 e. The summed E-state index contributed by atoms with van der Waals surface area (Å²) >= 11 is 5.84. The van der Waals surface area contributed by atoms with E-state index in [0.717, 1.165) is 44.7 Å². The van der Waals surface area contributed by atoms with Crippen molar-refractivity contribution in [2.45, 2.75) is 18.9 Å². The van der Waals surface area contributed by atoms with Crippen LogP contribution in [0.1, 0.15) is 23.2 Å². The number of carbonyl (C=O) groups excluding carboxylic acids is 1. The number of pyridine rings is 1. The van der Waals surface area contributed by atoms with Gasteiger partial charge in [0.2, 0.25) is 0 Å². The number of hydrogen-bond donors (Lipinski definition) is 1. The van der Waals surface area contributed by atoms with Gasteiger partial charge >= 0.3 is 0 Å². The van der Waals surface area contributed by atoms with E-state index in [0.29, 0.717) is 5.92 Å². The van der Waals surface area contributed by atoms with E-state index in [-0.39, 0.29) is 22.7 Å². The van der Waals surface area contributed by atoms with Crippen LogP contribution in [0.2, 0.25) is 5.15 Å². The molecule has 0 aliphatic carbocycles. The maximum atomic E-state index is 13.1. The van der Waals surface area contributed by atoms with Gasteiger partial charge in [-0.25, -0.2) is 9.37 Å². The Bertz CT molecular complexity index is 503. The van der Waals surface area contributed by atoms with Crippen LogP contribution in [0.25, 0.3) is 0 Å². The highest BCUT2D eigenvalue weighted by molar-refractivity contribution is 6.32. The summed E-state index contributed by atoms with van der Waals surface area (Å²) in [5, 5.41) is 3.00. The number of carbonyl (C=O) groups is 1. The van der Waals surface area contributed by atoms with Crippen LogP contribution in [0.5, 0.6) is 0 Å². The zero-order valence-corrected chi connectivity index (χ0v) is 11.2. The average molecular weight is 284 g/mol. The summed E-state index contributed by atoms with van der Waals surface area (Å²) in [6.07, 6.45) is 3.23. The third-order valence-electron chi connectivity index (χ3n) is 4.02. The first-order chi connectivity index (χ1) is 9.13. The number of aromatic nitrogens is 1. The second kappa shape index (κ2) is 5.06. The zero-order chi connectivity index (χ0) is 13.4. The fraction of sp³-hybridized carbons (Fsp3) is 0.538. The van der Waals surface area contributed by atoms with E-state index in [4.69, 9.17) is 11.6 Å². The molecule has 4 heterocycles. The third-order valence-corrected chi connectivity index (χ3v) is 4.32. The summed E-state index contributed by atoms with van der Waals surface area (Å²) < 4.78 is 13.1. The predicted octanol–water partition coefficient (Wildman–Crippen LogP) is 1.70. The summed E-state index contributed by atoms with van der Waals surface area (Å²) in [7, 11) is 0. The highest BCUT2D eigenvalue weighted by Gasteiger charge is 2.35. The summed E-state index contributed by atoms with van der Waals surface area (Å²) in [5.74, 6) is -0.367. The molecule has 3 saturated heterocycles. The molecule has 1 aromatic heterocycles. The molecule has 19 heavy (non-hydrogen) atoms. The van der Waals surface area contributed by atoms with Crippen molar-refractivity contribution >= 4 is 17.5 Å². The Morgan fingerprint density at radius 2 is 2.21 bits per heavy atom. The molecule has 0 radical (unpaired) electrons. The molecule has 0 saturated carbocycles. The Kier molecular flexibility index (Phi) is 3.41. The third kappa shape index (κ3) is 2.58. The SMILES string of the molecule is O=C(NC1CN2CCC1CC2)c1cc(F)cnc1Cl. The van der Waals surface area contributed by atoms with Crippen molar-refractivity contribution in [3.8, 4) is 0 Å². The van der Waals surface area contributed by atoms with Crippen molar-refractivity contribution in [1.29, 1.82) is 0 Å². The summed E-state index contributed by atoms with van der Waals surface area (Å²) in [5.41, 5.74) is 0.109. The van der Waals surface area contributed by atoms with E-state index < -0.39 is 5.82 Å². The van der Waals surface area contributed by atoms with Crippen molar-refractivity contribution in [2.75, 3.05) is 19.6 Å². The number of nitrogens with one attached hydrogen (secondary N) is 1. The molecule has 1 atom stereocenters. The van der Waals surface area contributed by atoms with Gasteiger partial charge in [0.05, 0.1) is 11.8 Å². The first-order valence-electron chi connectivity index (χ1n) is 6.48. The molecule has 6 heteroatoms. The summed E-state index contributed by atoms with van der Waals surface area (Å²) in [6.45, 7) is 3.09. The lowest BCUT2D eigenvalue weighted by Crippen LogP contribution is -2.57. The van der Waals surface area contributed by atoms with Gasteiger partial charge in [0, 0.05) is 12.6 Å². The molecular weight excluding hydrogens is 269 g/mol. The van der Waals surface area contributed by atoms with Gasteiger partial charge in [-0.2, -0.15) is 0 Å². The number of piperidine rings is 3. The second-order valence-corrected chi connectivity index (χ2v) is 5.57. The van der Waals surface area contributed by atoms with Crippen LogP contribution < -0.4 is 5.32 Å². The minimum atomic E-state index is -0.552. The van der Waals surface area contributed by atoms with Crippen LogP contribution in [0.3, 0.4) is 0 Å². The van der Waals surface area contributed by atoms with Gasteiger partial charge in [0.1, 0.15) is 11.0 Å². The normalized spacial score (nSPS) is 29.3. The van der Waals surface area contributed by atoms with E-state index in [1.54, 1.807) is 0 Å². The van der Waals surface area contributed by atoms with Gasteiger partial charge in [-0.15, -0.1) is 0 Å². The molecule has 2 bridgehead atoms. The van der Waals surface area contributed by atoms with Crippen LogP contribution in [-0.4, -0.2) is 41.5 Å². The van der Waals surface area contributed by atoms with Crippen molar-refractivity contribution < 1.29 is 9.18 Å². The Morgan fingerprint density at radius 1 is 1.47 bits per heavy atom. The van der Waals surface area contributed by atoms with Crippen LogP contribution in [-0.2, 0) is 0 Å². The molecule has 1 aromatic rings. The van der Waals surface area contributed by atoms with Crippen LogP contribution in [0, 0.1) is 11.7 Å². The monoisotopic (exact) mass is 283 g/mol. The predicted molar refractivity (Wildman–Crippen MR) is 69.6 cm³/mol. The molecule has 4 nitrogen and oxygen atoms in total. The second-order valence-electron chi connectivity index (χ2n) is 5.21. The fourth-order valence-corrected chi connectivity index (χ4v) is 3.15. The molecule has 1 N–H and O–H groups in total. The maximum absolute atomic E-state index is 13.1. The Labute approximate surface area is 115 Å². The molecule has 102 valence electrons. The number of hydrogen-bond acceptors (Lipinski definition) is 3. The molecule has 3 aliphatic heterocycles. The molecule has 1 unspecified atom stereocenters. The number of rotatable bonds is 2. The van der Waals surface area contributed by atoms with Gasteiger partial charge in [-0.3, -0.25) is 4.79 Å². The van der Waals surface area contributed by atoms with Crippen molar-refractivity contribution in [3.05, 3.63) is 28.8 Å². The molecular formula is C13H15ClFN3O. The lowest BCUT2D eigenvalue weighted by Gasteiger charge is -2.44. The highest BCUT2D eigenvalue weighted by Crippen LogP contribution is 2.27. The molecule has 0 aromatic carbocycles. The van der Waals surface area contributed by atoms with Crippen molar-refractivity contribution in [3.63, 3.8) is 0 Å². The first-order valence-corrected chi connectivity index (χ1v) is 6.85. The number of halogens is 2. The maximum Gasteiger partial charge on any atom is 0.254 e. The van der Waals surface area contributed by atoms with E-state index >= 15 is 0 Å². The van der Waals surface area contributed by atoms with E-state index in [2.05, 4.69) is 15.2 Å². The van der Waals surface area contributed by atoms with E-state index in [1.807, 2.05) is 0 Å². The van der Waals surface area contributed by atoms with Gasteiger partial charge < -0.3 is 10.2 Å². The van der Waals surface area contributed by atoms with Crippen LogP contribution >= 0.6 is 11.6 Å². The lowest BCUT2D eigenvalue weighted by molar-refractivity contribution is 0.0620. The zero-order valence-electron chi connectivity index (χ0n) is 10.4. The summed E-state index contributed by atoms with van der Waals surface area (Å²) in [4.78, 5) is 18.1. The number of fused-ring (bicyclic) bond motifs is 3. The lowest BCUT2D eigenvalue weighted by atomic mass is 9.84. The molecule has 4 rings (SSSR count). The van der Waals surface area contributed by atoms with Gasteiger partial charge in [0.25, 0.3) is 5.91 Å². The Balaban J connectivity index is 1.73. The summed E-state index contributed by atoms with van der Waals surface area (Å²) in [6, 6.07) is 1.26. The number of amides is 1. The molecule has 0 spiro atoms. The highest BCUT2D eigenvalue weighted by atomic mass is 35.5. The average Bonchev–Trinajstić information content (AvgIpc) is 2.43. The van der Waals surface area contributed by atoms with Gasteiger partial charge in [-0.1, -0.05) is 11.6 Å². The molecule has 1 amide bonds. The fourth-order valence-electron chi connectivity index (χ4n) is 2.96. The van der Waals surface area contributed by atoms with Gasteiger partial charge in [-0.05, 0) is 37.9 Å². The van der Waals surface area contributed by atoms with Gasteiger partial charge in [0.15, 0.2) is 0 Å². The quantitative estimate of drug-likeness (QED) is 0.840. The van der Waals surface area contributed by atoms with Crippen molar-refractivity contribution in [1.82, 2.24) is 15.2 Å². The topological polar surface area (TPSA) is 45.2 Å². The minimum Gasteiger partial charge on any atom is -0.348 e. The Morgan fingerprint density at radius 3 is 2.84 bits per heavy atom. The first kappa shape index (κ1) is 12.8. The molecule has 3 fully saturated rings. The standard InChI is InChI=1S/C13H15ClFN3O/c14-12-10(5-9(15)6-16-12)13(19)17-11-7-18-3-1-8(11)2-4-18/h5-6,8,11H,1-4,7H2,(H,17,19). The van der Waals surface area contributed by atoms with Crippen LogP contribution in [0.15, 0.2) is 12.3 Å². The van der Waals surface area contributed by atoms with Crippen LogP contribution in [0.4, 0.5) is 4.39 Å². The Hall–Kier alpha value is -1.20. The van der Waals surface area contributed by atoms with E-state index in [9.17, 15) is 9.18 Å². The minimum absolute atomic E-state index is 0.0418.